The topological polar surface area (TPSA) is 42.2 Å². The van der Waals surface area contributed by atoms with Gasteiger partial charge >= 0.3 is 0 Å². The number of rotatable bonds is 1. The fourth-order valence-corrected chi connectivity index (χ4v) is 1.84. The van der Waals surface area contributed by atoms with Crippen LogP contribution >= 0.6 is 15.9 Å². The van der Waals surface area contributed by atoms with Gasteiger partial charge in [0.15, 0.2) is 5.82 Å². The Morgan fingerprint density at radius 3 is 3.00 bits per heavy atom. The molecule has 12 heavy (non-hydrogen) atoms. The molecule has 0 spiro atoms. The van der Waals surface area contributed by atoms with Gasteiger partial charge in [0.2, 0.25) is 0 Å². The van der Waals surface area contributed by atoms with E-state index in [2.05, 4.69) is 38.0 Å². The third kappa shape index (κ3) is 1.38. The highest BCUT2D eigenvalue weighted by Crippen LogP contribution is 2.28. The quantitative estimate of drug-likeness (QED) is 0.737. The van der Waals surface area contributed by atoms with Crippen LogP contribution in [0.15, 0.2) is 9.32 Å². The van der Waals surface area contributed by atoms with E-state index in [1.165, 1.54) is 6.42 Å². The molecular formula is C7H10BrN3O. The summed E-state index contributed by atoms with van der Waals surface area (Å²) in [5, 5.41) is 3.87. The third-order valence-corrected chi connectivity index (χ3v) is 2.56. The van der Waals surface area contributed by atoms with Crippen LogP contribution in [0.3, 0.4) is 0 Å². The second-order valence-electron chi connectivity index (χ2n) is 3.04. The number of hydrogen-bond acceptors (Lipinski definition) is 4. The number of likely N-dealkylation sites (tertiary alicyclic amines) is 1. The Kier molecular flexibility index (Phi) is 2.14. The van der Waals surface area contributed by atoms with E-state index in [-0.39, 0.29) is 0 Å². The molecular weight excluding hydrogens is 222 g/mol. The highest BCUT2D eigenvalue weighted by molar-refractivity contribution is 9.10. The molecule has 1 saturated heterocycles. The van der Waals surface area contributed by atoms with Gasteiger partial charge in [-0.1, -0.05) is 5.16 Å². The van der Waals surface area contributed by atoms with Crippen LogP contribution in [0.4, 0.5) is 0 Å². The summed E-state index contributed by atoms with van der Waals surface area (Å²) in [5.74, 6) is 0.793. The monoisotopic (exact) mass is 231 g/mol. The van der Waals surface area contributed by atoms with Crippen LogP contribution in [-0.2, 0) is 0 Å². The van der Waals surface area contributed by atoms with Crippen molar-refractivity contribution >= 4 is 15.9 Å². The van der Waals surface area contributed by atoms with Crippen molar-refractivity contribution < 1.29 is 4.52 Å². The Hall–Kier alpha value is -0.420. The molecule has 1 aliphatic rings. The van der Waals surface area contributed by atoms with E-state index in [1.54, 1.807) is 0 Å². The van der Waals surface area contributed by atoms with Gasteiger partial charge < -0.3 is 4.52 Å². The molecule has 0 radical (unpaired) electrons. The Bertz CT molecular complexity index is 275. The Morgan fingerprint density at radius 1 is 1.67 bits per heavy atom. The minimum atomic E-state index is 0.347. The molecule has 5 heteroatoms. The first kappa shape index (κ1) is 8.19. The van der Waals surface area contributed by atoms with E-state index in [4.69, 9.17) is 4.52 Å². The van der Waals surface area contributed by atoms with Gasteiger partial charge in [-0.2, -0.15) is 4.98 Å². The maximum Gasteiger partial charge on any atom is 0.293 e. The van der Waals surface area contributed by atoms with Crippen molar-refractivity contribution in [3.8, 4) is 0 Å². The van der Waals surface area contributed by atoms with E-state index < -0.39 is 0 Å². The van der Waals surface area contributed by atoms with Gasteiger partial charge in [-0.3, -0.25) is 4.90 Å². The molecule has 4 nitrogen and oxygen atoms in total. The second kappa shape index (κ2) is 3.14. The van der Waals surface area contributed by atoms with Crippen molar-refractivity contribution in [1.82, 2.24) is 15.0 Å². The second-order valence-corrected chi connectivity index (χ2v) is 3.72. The lowest BCUT2D eigenvalue weighted by molar-refractivity contribution is 0.293. The highest BCUT2D eigenvalue weighted by atomic mass is 79.9. The lowest BCUT2D eigenvalue weighted by Gasteiger charge is -2.14. The average Bonchev–Trinajstić information content (AvgIpc) is 2.58. The minimum absolute atomic E-state index is 0.347. The summed E-state index contributed by atoms with van der Waals surface area (Å²) in [6.45, 7) is 1.12. The maximum atomic E-state index is 4.85. The summed E-state index contributed by atoms with van der Waals surface area (Å²) in [6, 6.07) is 0.347. The van der Waals surface area contributed by atoms with E-state index in [9.17, 15) is 0 Å². The SMILES string of the molecule is CN1CCCC1c1noc(Br)n1. The first-order chi connectivity index (χ1) is 5.77. The number of nitrogens with zero attached hydrogens (tertiary/aromatic N) is 3. The van der Waals surface area contributed by atoms with Crippen molar-refractivity contribution in [3.63, 3.8) is 0 Å². The van der Waals surface area contributed by atoms with Crippen molar-refractivity contribution in [2.24, 2.45) is 0 Å². The van der Waals surface area contributed by atoms with Crippen LogP contribution < -0.4 is 0 Å². The summed E-state index contributed by atoms with van der Waals surface area (Å²) in [5.41, 5.74) is 0. The molecule has 1 aromatic heterocycles. The lowest BCUT2D eigenvalue weighted by Crippen LogP contribution is -2.18. The fraction of sp³-hybridized carbons (Fsp3) is 0.714. The molecule has 1 atom stereocenters. The predicted molar refractivity (Wildman–Crippen MR) is 46.6 cm³/mol. The van der Waals surface area contributed by atoms with Crippen LogP contribution in [0, 0.1) is 0 Å². The van der Waals surface area contributed by atoms with Crippen LogP contribution in [0.25, 0.3) is 0 Å². The van der Waals surface area contributed by atoms with Crippen LogP contribution in [0.1, 0.15) is 24.7 Å². The molecule has 66 valence electrons. The number of aromatic nitrogens is 2. The van der Waals surface area contributed by atoms with Gasteiger partial charge in [0, 0.05) is 15.9 Å². The molecule has 0 aromatic carbocycles. The van der Waals surface area contributed by atoms with E-state index in [1.807, 2.05) is 0 Å². The summed E-state index contributed by atoms with van der Waals surface area (Å²) in [7, 11) is 2.09. The average molecular weight is 232 g/mol. The molecule has 0 bridgehead atoms. The van der Waals surface area contributed by atoms with Crippen molar-refractivity contribution in [2.45, 2.75) is 18.9 Å². The summed E-state index contributed by atoms with van der Waals surface area (Å²) < 4.78 is 4.85. The first-order valence-electron chi connectivity index (χ1n) is 3.97. The molecule has 1 aliphatic heterocycles. The Morgan fingerprint density at radius 2 is 2.50 bits per heavy atom. The standard InChI is InChI=1S/C7H10BrN3O/c1-11-4-2-3-5(11)6-9-7(8)12-10-6/h5H,2-4H2,1H3. The molecule has 0 N–H and O–H groups in total. The van der Waals surface area contributed by atoms with Gasteiger partial charge in [-0.15, -0.1) is 0 Å². The van der Waals surface area contributed by atoms with Crippen LogP contribution in [0.5, 0.6) is 0 Å². The van der Waals surface area contributed by atoms with E-state index >= 15 is 0 Å². The Labute approximate surface area is 79.1 Å². The zero-order valence-electron chi connectivity index (χ0n) is 6.83. The lowest BCUT2D eigenvalue weighted by atomic mass is 10.2. The van der Waals surface area contributed by atoms with Gasteiger partial charge in [-0.05, 0) is 26.4 Å². The predicted octanol–water partition coefficient (Wildman–Crippen LogP) is 1.60. The summed E-state index contributed by atoms with van der Waals surface area (Å²) in [4.78, 5) is 6.86. The fourth-order valence-electron chi connectivity index (χ4n) is 1.59. The molecule has 2 rings (SSSR count). The molecule has 0 saturated carbocycles. The molecule has 0 aliphatic carbocycles. The normalized spacial score (nSPS) is 25.0. The van der Waals surface area contributed by atoms with Gasteiger partial charge in [0.1, 0.15) is 0 Å². The third-order valence-electron chi connectivity index (χ3n) is 2.24. The highest BCUT2D eigenvalue weighted by Gasteiger charge is 2.26. The van der Waals surface area contributed by atoms with E-state index in [0.29, 0.717) is 10.8 Å². The summed E-state index contributed by atoms with van der Waals surface area (Å²) in [6.07, 6.45) is 2.34. The van der Waals surface area contributed by atoms with Crippen LogP contribution in [0.2, 0.25) is 0 Å². The molecule has 1 unspecified atom stereocenters. The maximum absolute atomic E-state index is 4.85. The number of halogens is 1. The minimum Gasteiger partial charge on any atom is -0.327 e. The van der Waals surface area contributed by atoms with Crippen molar-refractivity contribution in [1.29, 1.82) is 0 Å². The van der Waals surface area contributed by atoms with E-state index in [0.717, 1.165) is 18.8 Å². The molecule has 2 heterocycles. The van der Waals surface area contributed by atoms with Crippen LogP contribution in [-0.4, -0.2) is 28.6 Å². The number of hydrogen-bond donors (Lipinski definition) is 0. The van der Waals surface area contributed by atoms with Gasteiger partial charge in [0.25, 0.3) is 4.80 Å². The summed E-state index contributed by atoms with van der Waals surface area (Å²) >= 11 is 3.14. The molecule has 1 aromatic rings. The zero-order valence-corrected chi connectivity index (χ0v) is 8.41. The largest absolute Gasteiger partial charge is 0.327 e. The zero-order chi connectivity index (χ0) is 8.55. The van der Waals surface area contributed by atoms with Gasteiger partial charge in [0.05, 0.1) is 6.04 Å². The first-order valence-corrected chi connectivity index (χ1v) is 4.76. The molecule has 0 amide bonds. The smallest absolute Gasteiger partial charge is 0.293 e. The van der Waals surface area contributed by atoms with Gasteiger partial charge in [-0.25, -0.2) is 0 Å². The molecule has 1 fully saturated rings. The Balaban J connectivity index is 2.19. The van der Waals surface area contributed by atoms with Crippen molar-refractivity contribution in [2.75, 3.05) is 13.6 Å². The van der Waals surface area contributed by atoms with Crippen molar-refractivity contribution in [3.05, 3.63) is 10.6 Å².